The highest BCUT2D eigenvalue weighted by Crippen LogP contribution is 2.39. The molecule has 0 radical (unpaired) electrons. The molecule has 0 fully saturated rings. The van der Waals surface area contributed by atoms with E-state index in [2.05, 4.69) is 27.1 Å². The molecular weight excluding hydrogens is 474 g/mol. The molecule has 1 aromatic heterocycles. The first-order valence-corrected chi connectivity index (χ1v) is 13.6. The number of aryl methyl sites for hydroxylation is 1. The third-order valence-corrected chi connectivity index (χ3v) is 7.04. The van der Waals surface area contributed by atoms with Crippen molar-refractivity contribution in [3.8, 4) is 11.8 Å². The molecule has 0 spiro atoms. The van der Waals surface area contributed by atoms with Gasteiger partial charge in [0.05, 0.1) is 17.1 Å². The summed E-state index contributed by atoms with van der Waals surface area (Å²) < 4.78 is 53.3. The number of nitrogens with zero attached hydrogens (tertiary/aromatic N) is 2. The van der Waals surface area contributed by atoms with Gasteiger partial charge in [0, 0.05) is 16.3 Å². The van der Waals surface area contributed by atoms with E-state index < -0.39 is 30.5 Å². The Morgan fingerprint density at radius 3 is 2.34 bits per heavy atom. The van der Waals surface area contributed by atoms with Crippen LogP contribution < -0.4 is 10.6 Å². The fourth-order valence-corrected chi connectivity index (χ4v) is 5.00. The average Bonchev–Trinajstić information content (AvgIpc) is 2.69. The van der Waals surface area contributed by atoms with Crippen molar-refractivity contribution < 1.29 is 22.8 Å². The minimum Gasteiger partial charge on any atom is -0.378 e. The highest BCUT2D eigenvalue weighted by Gasteiger charge is 2.33. The normalized spacial score (nSPS) is 13.3. The van der Waals surface area contributed by atoms with E-state index in [1.807, 2.05) is 0 Å². The molecule has 35 heavy (non-hydrogen) atoms. The first-order valence-electron chi connectivity index (χ1n) is 11.0. The third kappa shape index (κ3) is 6.22. The Kier molecular flexibility index (Phi) is 7.09. The molecule has 0 aliphatic heterocycles. The molecule has 9 heteroatoms. The predicted molar refractivity (Wildman–Crippen MR) is 135 cm³/mol. The van der Waals surface area contributed by atoms with Crippen LogP contribution >= 0.6 is 7.14 Å². The van der Waals surface area contributed by atoms with Crippen molar-refractivity contribution in [2.75, 3.05) is 18.6 Å². The van der Waals surface area contributed by atoms with E-state index in [1.165, 1.54) is 13.0 Å². The fraction of sp³-hybridized carbons (Fsp3) is 0.385. The molecule has 2 N–H and O–H groups in total. The minimum atomic E-state index is -4.45. The molecule has 3 rings (SSSR count). The number of aliphatic hydroxyl groups is 1. The summed E-state index contributed by atoms with van der Waals surface area (Å²) in [4.78, 5) is 8.98. The minimum absolute atomic E-state index is 0.145. The van der Waals surface area contributed by atoms with Gasteiger partial charge in [0.25, 0.3) is 0 Å². The SMILES string of the molecule is Cc1nc(N[C@H](C)c2cccc(C(F)(F)F)c2C)c2cc(C#CC(C)(C)O)c(P(C)(C)=O)cc2n1. The maximum Gasteiger partial charge on any atom is 0.416 e. The quantitative estimate of drug-likeness (QED) is 0.347. The van der Waals surface area contributed by atoms with Gasteiger partial charge >= 0.3 is 6.18 Å². The maximum atomic E-state index is 13.4. The molecule has 0 amide bonds. The number of halogens is 3. The number of alkyl halides is 3. The van der Waals surface area contributed by atoms with Crippen LogP contribution in [0.4, 0.5) is 19.0 Å². The first kappa shape index (κ1) is 26.7. The van der Waals surface area contributed by atoms with E-state index in [0.717, 1.165) is 6.07 Å². The molecule has 186 valence electrons. The average molecular weight is 504 g/mol. The van der Waals surface area contributed by atoms with Crippen molar-refractivity contribution in [1.82, 2.24) is 9.97 Å². The number of anilines is 1. The van der Waals surface area contributed by atoms with Gasteiger partial charge in [-0.25, -0.2) is 9.97 Å². The Hall–Kier alpha value is -2.88. The molecule has 2 aromatic carbocycles. The van der Waals surface area contributed by atoms with Crippen molar-refractivity contribution in [2.24, 2.45) is 0 Å². The molecule has 1 atom stereocenters. The lowest BCUT2D eigenvalue weighted by Gasteiger charge is -2.21. The van der Waals surface area contributed by atoms with Crippen LogP contribution in [0.1, 0.15) is 54.9 Å². The summed E-state index contributed by atoms with van der Waals surface area (Å²) in [5, 5.41) is 14.4. The van der Waals surface area contributed by atoms with Gasteiger partial charge < -0.3 is 15.0 Å². The summed E-state index contributed by atoms with van der Waals surface area (Å²) in [5.74, 6) is 6.57. The van der Waals surface area contributed by atoms with Gasteiger partial charge in [0.1, 0.15) is 24.4 Å². The Balaban J connectivity index is 2.18. The van der Waals surface area contributed by atoms with Crippen molar-refractivity contribution in [1.29, 1.82) is 0 Å². The topological polar surface area (TPSA) is 75.1 Å². The molecule has 0 saturated carbocycles. The Bertz CT molecular complexity index is 1390. The smallest absolute Gasteiger partial charge is 0.378 e. The number of fused-ring (bicyclic) bond motifs is 1. The number of aromatic nitrogens is 2. The molecule has 0 aliphatic carbocycles. The summed E-state index contributed by atoms with van der Waals surface area (Å²) in [7, 11) is -2.75. The second-order valence-corrected chi connectivity index (χ2v) is 12.7. The van der Waals surface area contributed by atoms with Crippen LogP contribution in [0.15, 0.2) is 30.3 Å². The van der Waals surface area contributed by atoms with Gasteiger partial charge in [-0.05, 0) is 77.3 Å². The van der Waals surface area contributed by atoms with Gasteiger partial charge in [-0.2, -0.15) is 13.2 Å². The van der Waals surface area contributed by atoms with Crippen LogP contribution in [0.5, 0.6) is 0 Å². The number of benzene rings is 2. The molecule has 3 aromatic rings. The van der Waals surface area contributed by atoms with Gasteiger partial charge in [-0.3, -0.25) is 0 Å². The summed E-state index contributed by atoms with van der Waals surface area (Å²) >= 11 is 0. The Labute approximate surface area is 203 Å². The van der Waals surface area contributed by atoms with Gasteiger partial charge in [-0.15, -0.1) is 0 Å². The zero-order valence-electron chi connectivity index (χ0n) is 20.8. The van der Waals surface area contributed by atoms with E-state index >= 15 is 0 Å². The third-order valence-electron chi connectivity index (χ3n) is 5.51. The molecule has 0 bridgehead atoms. The Morgan fingerprint density at radius 2 is 1.77 bits per heavy atom. The van der Waals surface area contributed by atoms with Crippen LogP contribution in [0.2, 0.25) is 0 Å². The van der Waals surface area contributed by atoms with E-state index in [9.17, 15) is 22.8 Å². The van der Waals surface area contributed by atoms with Crippen LogP contribution in [-0.4, -0.2) is 34.0 Å². The number of nitrogens with one attached hydrogen (secondary N) is 1. The number of hydrogen-bond donors (Lipinski definition) is 2. The van der Waals surface area contributed by atoms with Crippen molar-refractivity contribution in [3.05, 3.63) is 58.4 Å². The van der Waals surface area contributed by atoms with Crippen LogP contribution in [0, 0.1) is 25.7 Å². The lowest BCUT2D eigenvalue weighted by molar-refractivity contribution is -0.138. The fourth-order valence-electron chi connectivity index (χ4n) is 3.87. The lowest BCUT2D eigenvalue weighted by Crippen LogP contribution is -2.16. The summed E-state index contributed by atoms with van der Waals surface area (Å²) in [5.41, 5.74) is -0.269. The maximum absolute atomic E-state index is 13.4. The van der Waals surface area contributed by atoms with Gasteiger partial charge in [0.2, 0.25) is 0 Å². The van der Waals surface area contributed by atoms with Crippen molar-refractivity contribution in [2.45, 2.75) is 52.4 Å². The zero-order valence-corrected chi connectivity index (χ0v) is 21.7. The highest BCUT2D eigenvalue weighted by molar-refractivity contribution is 7.70. The summed E-state index contributed by atoms with van der Waals surface area (Å²) in [6.45, 7) is 11.3. The van der Waals surface area contributed by atoms with E-state index in [4.69, 9.17) is 0 Å². The van der Waals surface area contributed by atoms with Crippen molar-refractivity contribution in [3.63, 3.8) is 0 Å². The number of hydrogen-bond acceptors (Lipinski definition) is 5. The Morgan fingerprint density at radius 1 is 1.11 bits per heavy atom. The van der Waals surface area contributed by atoms with Crippen LogP contribution in [0.25, 0.3) is 10.9 Å². The molecule has 0 saturated heterocycles. The second-order valence-electron chi connectivity index (χ2n) is 9.55. The summed E-state index contributed by atoms with van der Waals surface area (Å²) in [6.07, 6.45) is -4.45. The predicted octanol–water partition coefficient (Wildman–Crippen LogP) is 5.81. The molecule has 1 heterocycles. The lowest BCUT2D eigenvalue weighted by atomic mass is 9.97. The number of rotatable bonds is 4. The second kappa shape index (κ2) is 9.29. The molecular formula is C26H29F3N3O2P. The van der Waals surface area contributed by atoms with E-state index in [1.54, 1.807) is 59.2 Å². The molecule has 5 nitrogen and oxygen atoms in total. The highest BCUT2D eigenvalue weighted by atomic mass is 31.2. The first-order chi connectivity index (χ1) is 16.0. The standard InChI is InChI=1S/C26H29F3N3O2P/c1-15-19(9-8-10-21(15)26(27,28)29)16(2)30-24-20-13-18(11-12-25(4,5)33)23(35(6,7)34)14-22(20)31-17(3)32-24/h8-10,13-14,16,33H,1-7H3,(H,30,31,32)/t16-/m1/s1. The van der Waals surface area contributed by atoms with Crippen LogP contribution in [0.3, 0.4) is 0 Å². The summed E-state index contributed by atoms with van der Waals surface area (Å²) in [6, 6.07) is 7.05. The van der Waals surface area contributed by atoms with Gasteiger partial charge in [0.15, 0.2) is 0 Å². The van der Waals surface area contributed by atoms with E-state index in [0.29, 0.717) is 39.0 Å². The van der Waals surface area contributed by atoms with E-state index in [-0.39, 0.29) is 5.56 Å². The molecule has 0 unspecified atom stereocenters. The molecule has 0 aliphatic rings. The van der Waals surface area contributed by atoms with Crippen molar-refractivity contribution >= 4 is 29.2 Å². The van der Waals surface area contributed by atoms with Crippen LogP contribution in [-0.2, 0) is 10.7 Å². The largest absolute Gasteiger partial charge is 0.416 e. The van der Waals surface area contributed by atoms with Gasteiger partial charge in [-0.1, -0.05) is 24.0 Å². The monoisotopic (exact) mass is 503 g/mol. The zero-order chi connectivity index (χ0) is 26.3.